The topological polar surface area (TPSA) is 106 Å². The summed E-state index contributed by atoms with van der Waals surface area (Å²) in [6, 6.07) is 16.0. The molecule has 0 aromatic heterocycles. The number of nitrogens with one attached hydrogen (secondary N) is 3. The molecule has 1 atom stereocenters. The zero-order valence-electron chi connectivity index (χ0n) is 16.4. The van der Waals surface area contributed by atoms with E-state index >= 15 is 0 Å². The van der Waals surface area contributed by atoms with Crippen LogP contribution in [-0.4, -0.2) is 37.0 Å². The first-order valence-electron chi connectivity index (χ1n) is 9.26. The lowest BCUT2D eigenvalue weighted by Crippen LogP contribution is -2.50. The highest BCUT2D eigenvalue weighted by Crippen LogP contribution is 2.18. The Hall–Kier alpha value is -3.55. The Balaban J connectivity index is 1.67. The Bertz CT molecular complexity index is 809. The van der Waals surface area contributed by atoms with Crippen molar-refractivity contribution in [3.63, 3.8) is 0 Å². The summed E-state index contributed by atoms with van der Waals surface area (Å²) in [5.74, 6) is -0.158. The Kier molecular flexibility index (Phi) is 8.50. The molecule has 1 unspecified atom stereocenters. The summed E-state index contributed by atoms with van der Waals surface area (Å²) in [5.41, 5.74) is 5.36. The molecular weight excluding hydrogens is 374 g/mol. The second-order valence-electron chi connectivity index (χ2n) is 6.14. The third kappa shape index (κ3) is 7.92. The Morgan fingerprint density at radius 3 is 2.21 bits per heavy atom. The summed E-state index contributed by atoms with van der Waals surface area (Å²) in [7, 11) is 0. The van der Waals surface area contributed by atoms with Crippen LogP contribution >= 0.6 is 0 Å². The van der Waals surface area contributed by atoms with Gasteiger partial charge in [0.2, 0.25) is 5.91 Å². The molecule has 0 saturated heterocycles. The highest BCUT2D eigenvalue weighted by Gasteiger charge is 2.15. The first-order valence-corrected chi connectivity index (χ1v) is 9.26. The van der Waals surface area contributed by atoms with Gasteiger partial charge in [-0.05, 0) is 43.7 Å². The van der Waals surface area contributed by atoms with E-state index in [-0.39, 0.29) is 18.9 Å². The first kappa shape index (κ1) is 21.7. The maximum Gasteiger partial charge on any atom is 0.279 e. The van der Waals surface area contributed by atoms with Gasteiger partial charge in [0, 0.05) is 0 Å². The second-order valence-corrected chi connectivity index (χ2v) is 6.14. The van der Waals surface area contributed by atoms with Gasteiger partial charge in [-0.3, -0.25) is 25.2 Å². The molecule has 154 valence electrons. The lowest BCUT2D eigenvalue weighted by molar-refractivity contribution is -0.132. The maximum absolute atomic E-state index is 12.0. The van der Waals surface area contributed by atoms with Gasteiger partial charge >= 0.3 is 0 Å². The van der Waals surface area contributed by atoms with Crippen LogP contribution in [0.3, 0.4) is 0 Å². The molecule has 0 spiro atoms. The average Bonchev–Trinajstić information content (AvgIpc) is 2.72. The van der Waals surface area contributed by atoms with Crippen LogP contribution in [0, 0.1) is 0 Å². The fraction of sp³-hybridized carbons (Fsp3) is 0.286. The fourth-order valence-electron chi connectivity index (χ4n) is 2.34. The van der Waals surface area contributed by atoms with Crippen molar-refractivity contribution in [3.05, 3.63) is 60.2 Å². The molecule has 0 bridgehead atoms. The highest BCUT2D eigenvalue weighted by molar-refractivity contribution is 5.88. The predicted molar refractivity (Wildman–Crippen MR) is 107 cm³/mol. The number of carbonyl (C=O) groups excluding carboxylic acids is 3. The van der Waals surface area contributed by atoms with Gasteiger partial charge < -0.3 is 14.8 Å². The number of hydrogen-bond donors (Lipinski definition) is 3. The molecule has 3 amide bonds. The van der Waals surface area contributed by atoms with Crippen molar-refractivity contribution in [1.82, 2.24) is 16.2 Å². The number of amides is 3. The van der Waals surface area contributed by atoms with Gasteiger partial charge in [-0.2, -0.15) is 0 Å². The Morgan fingerprint density at radius 2 is 1.55 bits per heavy atom. The molecule has 8 heteroatoms. The summed E-state index contributed by atoms with van der Waals surface area (Å²) in [6.45, 7) is 3.75. The van der Waals surface area contributed by atoms with Crippen LogP contribution in [-0.2, 0) is 20.8 Å². The maximum atomic E-state index is 12.0. The monoisotopic (exact) mass is 399 g/mol. The van der Waals surface area contributed by atoms with E-state index < -0.39 is 17.9 Å². The van der Waals surface area contributed by atoms with Crippen LogP contribution in [0.4, 0.5) is 0 Å². The van der Waals surface area contributed by atoms with Gasteiger partial charge in [0.05, 0.1) is 19.6 Å². The largest absolute Gasteiger partial charge is 0.494 e. The van der Waals surface area contributed by atoms with E-state index in [1.807, 2.05) is 37.3 Å². The number of benzene rings is 2. The molecule has 0 heterocycles. The molecule has 2 aromatic carbocycles. The Morgan fingerprint density at radius 1 is 0.897 bits per heavy atom. The molecular formula is C21H25N3O5. The van der Waals surface area contributed by atoms with Crippen LogP contribution in [0.15, 0.2) is 54.6 Å². The summed E-state index contributed by atoms with van der Waals surface area (Å²) >= 11 is 0. The minimum Gasteiger partial charge on any atom is -0.494 e. The number of hydrazine groups is 1. The van der Waals surface area contributed by atoms with Gasteiger partial charge in [-0.25, -0.2) is 0 Å². The van der Waals surface area contributed by atoms with Crippen molar-refractivity contribution in [1.29, 1.82) is 0 Å². The van der Waals surface area contributed by atoms with Gasteiger partial charge in [0.15, 0.2) is 6.10 Å². The number of hydrogen-bond acceptors (Lipinski definition) is 5. The Labute approximate surface area is 169 Å². The van der Waals surface area contributed by atoms with Crippen LogP contribution in [0.25, 0.3) is 0 Å². The molecule has 0 aliphatic rings. The van der Waals surface area contributed by atoms with E-state index in [4.69, 9.17) is 9.47 Å². The van der Waals surface area contributed by atoms with Crippen molar-refractivity contribution in [2.75, 3.05) is 13.2 Å². The van der Waals surface area contributed by atoms with E-state index in [1.165, 1.54) is 0 Å². The van der Waals surface area contributed by atoms with E-state index in [9.17, 15) is 14.4 Å². The minimum atomic E-state index is -0.832. The number of carbonyl (C=O) groups is 3. The number of rotatable bonds is 9. The van der Waals surface area contributed by atoms with Crippen molar-refractivity contribution in [2.24, 2.45) is 0 Å². The van der Waals surface area contributed by atoms with E-state index in [0.29, 0.717) is 18.1 Å². The summed E-state index contributed by atoms with van der Waals surface area (Å²) in [4.78, 5) is 35.7. The van der Waals surface area contributed by atoms with Crippen molar-refractivity contribution in [3.8, 4) is 11.5 Å². The van der Waals surface area contributed by atoms with E-state index in [0.717, 1.165) is 5.56 Å². The molecule has 8 nitrogen and oxygen atoms in total. The minimum absolute atomic E-state index is 0.174. The second kappa shape index (κ2) is 11.3. The van der Waals surface area contributed by atoms with Gasteiger partial charge in [0.1, 0.15) is 11.5 Å². The standard InChI is InChI=1S/C21H25N3O5/c1-3-28-17-9-11-18(12-10-17)29-15(2)21(27)24-23-20(26)14-22-19(25)13-16-7-5-4-6-8-16/h4-12,15H,3,13-14H2,1-2H3,(H,22,25)(H,23,26)(H,24,27). The van der Waals surface area contributed by atoms with E-state index in [1.54, 1.807) is 31.2 Å². The highest BCUT2D eigenvalue weighted by atomic mass is 16.5. The lowest BCUT2D eigenvalue weighted by Gasteiger charge is -2.15. The normalized spacial score (nSPS) is 11.1. The first-order chi connectivity index (χ1) is 14.0. The predicted octanol–water partition coefficient (Wildman–Crippen LogP) is 1.36. The van der Waals surface area contributed by atoms with Crippen molar-refractivity contribution in [2.45, 2.75) is 26.4 Å². The molecule has 2 aromatic rings. The molecule has 0 saturated carbocycles. The lowest BCUT2D eigenvalue weighted by atomic mass is 10.1. The molecule has 29 heavy (non-hydrogen) atoms. The quantitative estimate of drug-likeness (QED) is 0.552. The molecule has 0 aliphatic carbocycles. The smallest absolute Gasteiger partial charge is 0.279 e. The van der Waals surface area contributed by atoms with Crippen LogP contribution in [0.5, 0.6) is 11.5 Å². The molecule has 3 N–H and O–H groups in total. The third-order valence-corrected chi connectivity index (χ3v) is 3.80. The molecule has 2 rings (SSSR count). The van der Waals surface area contributed by atoms with Gasteiger partial charge in [0.25, 0.3) is 11.8 Å². The summed E-state index contributed by atoms with van der Waals surface area (Å²) in [6.07, 6.45) is -0.658. The third-order valence-electron chi connectivity index (χ3n) is 3.80. The molecule has 0 aliphatic heterocycles. The zero-order chi connectivity index (χ0) is 21.1. The molecule has 0 fully saturated rings. The van der Waals surface area contributed by atoms with Crippen LogP contribution < -0.4 is 25.6 Å². The average molecular weight is 399 g/mol. The van der Waals surface area contributed by atoms with Gasteiger partial charge in [-0.15, -0.1) is 0 Å². The van der Waals surface area contributed by atoms with Gasteiger partial charge in [-0.1, -0.05) is 30.3 Å². The number of ether oxygens (including phenoxy) is 2. The SMILES string of the molecule is CCOc1ccc(OC(C)C(=O)NNC(=O)CNC(=O)Cc2ccccc2)cc1. The zero-order valence-corrected chi connectivity index (χ0v) is 16.4. The molecule has 0 radical (unpaired) electrons. The summed E-state index contributed by atoms with van der Waals surface area (Å²) in [5, 5.41) is 2.49. The van der Waals surface area contributed by atoms with Crippen molar-refractivity contribution < 1.29 is 23.9 Å². The van der Waals surface area contributed by atoms with Crippen LogP contribution in [0.1, 0.15) is 19.4 Å². The van der Waals surface area contributed by atoms with Crippen LogP contribution in [0.2, 0.25) is 0 Å². The summed E-state index contributed by atoms with van der Waals surface area (Å²) < 4.78 is 10.9. The fourth-order valence-corrected chi connectivity index (χ4v) is 2.34. The van der Waals surface area contributed by atoms with E-state index in [2.05, 4.69) is 16.2 Å². The van der Waals surface area contributed by atoms with Crippen molar-refractivity contribution >= 4 is 17.7 Å².